The Kier molecular flexibility index (Phi) is 6.84. The minimum Gasteiger partial charge on any atom is -0.469 e. The summed E-state index contributed by atoms with van der Waals surface area (Å²) in [6, 6.07) is 4.14. The minimum absolute atomic E-state index is 0.168. The minimum atomic E-state index is -0.168. The number of ether oxygens (including phenoxy) is 2. The standard InChI is InChI=1S/C12H19NO3S/c1-15-8-7-13(6-5-12(14)16-2)10-11-4-3-9-17-11/h3-4,9H,5-8,10H2,1-2H3. The summed E-state index contributed by atoms with van der Waals surface area (Å²) in [5.74, 6) is -0.168. The third-order valence-corrected chi connectivity index (χ3v) is 3.29. The fraction of sp³-hybridized carbons (Fsp3) is 0.583. The Morgan fingerprint density at radius 3 is 2.82 bits per heavy atom. The van der Waals surface area contributed by atoms with E-state index in [2.05, 4.69) is 21.1 Å². The van der Waals surface area contributed by atoms with Crippen LogP contribution in [0, 0.1) is 0 Å². The van der Waals surface area contributed by atoms with Crippen molar-refractivity contribution in [2.45, 2.75) is 13.0 Å². The summed E-state index contributed by atoms with van der Waals surface area (Å²) in [5.41, 5.74) is 0. The van der Waals surface area contributed by atoms with Crippen LogP contribution in [0.4, 0.5) is 0 Å². The van der Waals surface area contributed by atoms with Gasteiger partial charge in [-0.3, -0.25) is 9.69 Å². The molecule has 0 aliphatic carbocycles. The average Bonchev–Trinajstić information content (AvgIpc) is 2.84. The molecule has 0 spiro atoms. The van der Waals surface area contributed by atoms with Crippen molar-refractivity contribution in [1.29, 1.82) is 0 Å². The van der Waals surface area contributed by atoms with E-state index in [0.717, 1.165) is 13.1 Å². The molecule has 0 N–H and O–H groups in total. The zero-order chi connectivity index (χ0) is 12.5. The molecule has 0 amide bonds. The smallest absolute Gasteiger partial charge is 0.306 e. The van der Waals surface area contributed by atoms with Gasteiger partial charge in [-0.15, -0.1) is 11.3 Å². The number of nitrogens with zero attached hydrogens (tertiary/aromatic N) is 1. The van der Waals surface area contributed by atoms with Crippen LogP contribution in [0.2, 0.25) is 0 Å². The highest BCUT2D eigenvalue weighted by Gasteiger charge is 2.09. The molecule has 1 aromatic heterocycles. The van der Waals surface area contributed by atoms with Gasteiger partial charge in [-0.05, 0) is 11.4 Å². The molecule has 1 aromatic rings. The number of methoxy groups -OCH3 is 2. The summed E-state index contributed by atoms with van der Waals surface area (Å²) < 4.78 is 9.72. The van der Waals surface area contributed by atoms with Crippen molar-refractivity contribution in [2.24, 2.45) is 0 Å². The molecule has 0 aliphatic heterocycles. The first kappa shape index (κ1) is 14.2. The maximum atomic E-state index is 11.1. The summed E-state index contributed by atoms with van der Waals surface area (Å²) in [6.07, 6.45) is 0.422. The maximum Gasteiger partial charge on any atom is 0.306 e. The molecule has 0 saturated heterocycles. The highest BCUT2D eigenvalue weighted by Crippen LogP contribution is 2.12. The van der Waals surface area contributed by atoms with Gasteiger partial charge in [0.2, 0.25) is 0 Å². The lowest BCUT2D eigenvalue weighted by atomic mass is 10.3. The molecule has 17 heavy (non-hydrogen) atoms. The van der Waals surface area contributed by atoms with E-state index >= 15 is 0 Å². The van der Waals surface area contributed by atoms with Crippen molar-refractivity contribution >= 4 is 17.3 Å². The average molecular weight is 257 g/mol. The van der Waals surface area contributed by atoms with Crippen molar-refractivity contribution in [3.8, 4) is 0 Å². The first-order valence-corrected chi connectivity index (χ1v) is 6.44. The molecular weight excluding hydrogens is 238 g/mol. The molecule has 0 aliphatic rings. The third kappa shape index (κ3) is 5.81. The second-order valence-electron chi connectivity index (χ2n) is 3.67. The Hall–Kier alpha value is -0.910. The summed E-state index contributed by atoms with van der Waals surface area (Å²) in [6.45, 7) is 3.06. The predicted molar refractivity (Wildman–Crippen MR) is 68.1 cm³/mol. The second kappa shape index (κ2) is 8.22. The van der Waals surface area contributed by atoms with Crippen molar-refractivity contribution in [1.82, 2.24) is 4.90 Å². The summed E-state index contributed by atoms with van der Waals surface area (Å²) in [7, 11) is 3.10. The van der Waals surface area contributed by atoms with Gasteiger partial charge in [0, 0.05) is 31.6 Å². The predicted octanol–water partition coefficient (Wildman–Crippen LogP) is 1.76. The summed E-state index contributed by atoms with van der Waals surface area (Å²) >= 11 is 1.73. The Balaban J connectivity index is 2.39. The van der Waals surface area contributed by atoms with Gasteiger partial charge in [0.25, 0.3) is 0 Å². The molecule has 1 rings (SSSR count). The third-order valence-electron chi connectivity index (χ3n) is 2.43. The summed E-state index contributed by atoms with van der Waals surface area (Å²) in [5, 5.41) is 2.06. The van der Waals surface area contributed by atoms with E-state index in [-0.39, 0.29) is 5.97 Å². The van der Waals surface area contributed by atoms with Gasteiger partial charge in [-0.1, -0.05) is 6.07 Å². The lowest BCUT2D eigenvalue weighted by Crippen LogP contribution is -2.29. The maximum absolute atomic E-state index is 11.1. The van der Waals surface area contributed by atoms with E-state index in [1.807, 2.05) is 6.07 Å². The molecule has 0 saturated carbocycles. The fourth-order valence-corrected chi connectivity index (χ4v) is 2.21. The Morgan fingerprint density at radius 1 is 1.41 bits per heavy atom. The van der Waals surface area contributed by atoms with Crippen LogP contribution in [0.3, 0.4) is 0 Å². The highest BCUT2D eigenvalue weighted by atomic mass is 32.1. The largest absolute Gasteiger partial charge is 0.469 e. The van der Waals surface area contributed by atoms with Crippen LogP contribution in [0.1, 0.15) is 11.3 Å². The number of carbonyl (C=O) groups excluding carboxylic acids is 1. The van der Waals surface area contributed by atoms with Gasteiger partial charge in [0.15, 0.2) is 0 Å². The molecule has 0 radical (unpaired) electrons. The Morgan fingerprint density at radius 2 is 2.24 bits per heavy atom. The van der Waals surface area contributed by atoms with E-state index in [1.165, 1.54) is 12.0 Å². The van der Waals surface area contributed by atoms with Crippen LogP contribution in [-0.4, -0.2) is 44.8 Å². The number of esters is 1. The SMILES string of the molecule is COCCN(CCC(=O)OC)Cc1cccs1. The molecule has 0 fully saturated rings. The molecule has 1 heterocycles. The Bertz CT molecular complexity index is 314. The summed E-state index contributed by atoms with van der Waals surface area (Å²) in [4.78, 5) is 14.6. The molecule has 4 nitrogen and oxygen atoms in total. The van der Waals surface area contributed by atoms with Crippen molar-refractivity contribution in [2.75, 3.05) is 33.9 Å². The van der Waals surface area contributed by atoms with Crippen molar-refractivity contribution in [3.63, 3.8) is 0 Å². The van der Waals surface area contributed by atoms with Gasteiger partial charge < -0.3 is 9.47 Å². The lowest BCUT2D eigenvalue weighted by Gasteiger charge is -2.20. The van der Waals surface area contributed by atoms with Crippen LogP contribution in [0.15, 0.2) is 17.5 Å². The zero-order valence-corrected chi connectivity index (χ0v) is 11.2. The topological polar surface area (TPSA) is 38.8 Å². The zero-order valence-electron chi connectivity index (χ0n) is 10.3. The van der Waals surface area contributed by atoms with Gasteiger partial charge in [0.1, 0.15) is 0 Å². The molecule has 0 aromatic carbocycles. The molecular formula is C12H19NO3S. The van der Waals surface area contributed by atoms with Gasteiger partial charge in [0.05, 0.1) is 20.1 Å². The number of carbonyl (C=O) groups is 1. The van der Waals surface area contributed by atoms with E-state index in [1.54, 1.807) is 18.4 Å². The Labute approximate surface area is 106 Å². The van der Waals surface area contributed by atoms with Gasteiger partial charge >= 0.3 is 5.97 Å². The van der Waals surface area contributed by atoms with Gasteiger partial charge in [-0.2, -0.15) is 0 Å². The number of thiophene rings is 1. The monoisotopic (exact) mass is 257 g/mol. The van der Waals surface area contributed by atoms with E-state index in [4.69, 9.17) is 4.74 Å². The van der Waals surface area contributed by atoms with E-state index in [0.29, 0.717) is 19.6 Å². The molecule has 0 unspecified atom stereocenters. The quantitative estimate of drug-likeness (QED) is 0.665. The van der Waals surface area contributed by atoms with Crippen LogP contribution in [0.25, 0.3) is 0 Å². The fourth-order valence-electron chi connectivity index (χ4n) is 1.46. The molecule has 0 atom stereocenters. The molecule has 5 heteroatoms. The van der Waals surface area contributed by atoms with Crippen LogP contribution in [-0.2, 0) is 20.8 Å². The van der Waals surface area contributed by atoms with E-state index < -0.39 is 0 Å². The van der Waals surface area contributed by atoms with Gasteiger partial charge in [-0.25, -0.2) is 0 Å². The molecule has 0 bridgehead atoms. The van der Waals surface area contributed by atoms with Crippen molar-refractivity contribution in [3.05, 3.63) is 22.4 Å². The second-order valence-corrected chi connectivity index (χ2v) is 4.71. The molecule has 96 valence electrons. The highest BCUT2D eigenvalue weighted by molar-refractivity contribution is 7.09. The van der Waals surface area contributed by atoms with E-state index in [9.17, 15) is 4.79 Å². The first-order chi connectivity index (χ1) is 8.26. The number of hydrogen-bond acceptors (Lipinski definition) is 5. The normalized spacial score (nSPS) is 10.8. The first-order valence-electron chi connectivity index (χ1n) is 5.56. The number of hydrogen-bond donors (Lipinski definition) is 0. The van der Waals surface area contributed by atoms with Crippen LogP contribution >= 0.6 is 11.3 Å². The van der Waals surface area contributed by atoms with Crippen LogP contribution in [0.5, 0.6) is 0 Å². The van der Waals surface area contributed by atoms with Crippen molar-refractivity contribution < 1.29 is 14.3 Å². The number of rotatable bonds is 8. The lowest BCUT2D eigenvalue weighted by molar-refractivity contribution is -0.141. The van der Waals surface area contributed by atoms with Crippen LogP contribution < -0.4 is 0 Å².